The number of carbonyl (C=O) groups excluding carboxylic acids is 2. The number of urea groups is 1. The van der Waals surface area contributed by atoms with Crippen LogP contribution in [0.25, 0.3) is 0 Å². The maximum atomic E-state index is 11.4. The Balaban J connectivity index is 1.90. The number of carbonyl (C=O) groups is 2. The zero-order valence-corrected chi connectivity index (χ0v) is 12.3. The number of benzene rings is 1. The predicted molar refractivity (Wildman–Crippen MR) is 83.2 cm³/mol. The van der Waals surface area contributed by atoms with Crippen LogP contribution in [0, 0.1) is 0 Å². The van der Waals surface area contributed by atoms with Gasteiger partial charge in [-0.25, -0.2) is 4.79 Å². The summed E-state index contributed by atoms with van der Waals surface area (Å²) in [6, 6.07) is 7.65. The Bertz CT molecular complexity index is 510. The molecule has 1 aliphatic heterocycles. The second-order valence-corrected chi connectivity index (χ2v) is 5.23. The Labute approximate surface area is 124 Å². The summed E-state index contributed by atoms with van der Waals surface area (Å²) >= 11 is 0. The number of likely N-dealkylation sites (tertiary alicyclic amines) is 1. The monoisotopic (exact) mass is 290 g/mol. The first-order valence-electron chi connectivity index (χ1n) is 7.29. The molecule has 0 atom stereocenters. The first kappa shape index (κ1) is 15.2. The summed E-state index contributed by atoms with van der Waals surface area (Å²) < 4.78 is 0. The van der Waals surface area contributed by atoms with Gasteiger partial charge in [-0.3, -0.25) is 4.79 Å². The van der Waals surface area contributed by atoms with Gasteiger partial charge in [-0.1, -0.05) is 13.0 Å². The van der Waals surface area contributed by atoms with Gasteiger partial charge in [0, 0.05) is 36.9 Å². The number of amides is 3. The summed E-state index contributed by atoms with van der Waals surface area (Å²) in [6.45, 7) is 3.18. The molecule has 6 heteroatoms. The van der Waals surface area contributed by atoms with E-state index in [-0.39, 0.29) is 11.9 Å². The molecule has 1 aromatic rings. The third kappa shape index (κ3) is 4.37. The smallest absolute Gasteiger partial charge is 0.314 e. The number of hydrogen-bond acceptors (Lipinski definition) is 3. The minimum absolute atomic E-state index is 0.00177. The number of primary amides is 1. The van der Waals surface area contributed by atoms with Crippen LogP contribution in [0.2, 0.25) is 0 Å². The van der Waals surface area contributed by atoms with Crippen molar-refractivity contribution in [2.75, 3.05) is 23.7 Å². The largest absolute Gasteiger partial charge is 0.382 e. The quantitative estimate of drug-likeness (QED) is 0.792. The van der Waals surface area contributed by atoms with E-state index in [4.69, 9.17) is 5.73 Å². The van der Waals surface area contributed by atoms with Crippen LogP contribution in [0.15, 0.2) is 24.3 Å². The zero-order chi connectivity index (χ0) is 15.2. The fraction of sp³-hybridized carbons (Fsp3) is 0.467. The summed E-state index contributed by atoms with van der Waals surface area (Å²) in [5.41, 5.74) is 7.04. The van der Waals surface area contributed by atoms with Crippen molar-refractivity contribution >= 4 is 23.3 Å². The van der Waals surface area contributed by atoms with Gasteiger partial charge >= 0.3 is 6.03 Å². The zero-order valence-electron chi connectivity index (χ0n) is 12.3. The van der Waals surface area contributed by atoms with Gasteiger partial charge in [0.2, 0.25) is 5.91 Å². The van der Waals surface area contributed by atoms with Crippen molar-refractivity contribution in [1.29, 1.82) is 0 Å². The highest BCUT2D eigenvalue weighted by Gasteiger charge is 2.20. The molecule has 1 heterocycles. The lowest BCUT2D eigenvalue weighted by atomic mass is 10.0. The van der Waals surface area contributed by atoms with Crippen LogP contribution in [-0.4, -0.2) is 36.0 Å². The molecule has 21 heavy (non-hydrogen) atoms. The van der Waals surface area contributed by atoms with Crippen molar-refractivity contribution in [3.05, 3.63) is 24.3 Å². The normalized spacial score (nSPS) is 15.6. The van der Waals surface area contributed by atoms with Gasteiger partial charge < -0.3 is 21.3 Å². The first-order valence-corrected chi connectivity index (χ1v) is 7.29. The number of nitrogens with two attached hydrogens (primary N) is 1. The van der Waals surface area contributed by atoms with Gasteiger partial charge in [0.05, 0.1) is 0 Å². The molecule has 0 unspecified atom stereocenters. The predicted octanol–water partition coefficient (Wildman–Crippen LogP) is 1.99. The molecule has 0 bridgehead atoms. The number of anilines is 2. The standard InChI is InChI=1S/C15H22N4O2/c1-2-14(20)18-13-5-3-4-12(10-13)17-11-6-8-19(9-7-11)15(16)21/h3-5,10-11,17H,2,6-9H2,1H3,(H2,16,21)(H,18,20). The summed E-state index contributed by atoms with van der Waals surface area (Å²) in [4.78, 5) is 24.1. The van der Waals surface area contributed by atoms with Gasteiger partial charge in [0.1, 0.15) is 0 Å². The molecule has 4 N–H and O–H groups in total. The minimum Gasteiger partial charge on any atom is -0.382 e. The second kappa shape index (κ2) is 6.97. The third-order valence-electron chi connectivity index (χ3n) is 3.64. The lowest BCUT2D eigenvalue weighted by Crippen LogP contribution is -2.44. The molecule has 2 rings (SSSR count). The van der Waals surface area contributed by atoms with E-state index < -0.39 is 0 Å². The molecule has 6 nitrogen and oxygen atoms in total. The van der Waals surface area contributed by atoms with E-state index in [1.54, 1.807) is 4.90 Å². The van der Waals surface area contributed by atoms with Crippen molar-refractivity contribution < 1.29 is 9.59 Å². The van der Waals surface area contributed by atoms with E-state index in [1.807, 2.05) is 31.2 Å². The van der Waals surface area contributed by atoms with Crippen LogP contribution in [0.4, 0.5) is 16.2 Å². The van der Waals surface area contributed by atoms with Crippen LogP contribution in [0.1, 0.15) is 26.2 Å². The molecule has 3 amide bonds. The van der Waals surface area contributed by atoms with Gasteiger partial charge in [-0.05, 0) is 31.0 Å². The van der Waals surface area contributed by atoms with E-state index in [9.17, 15) is 9.59 Å². The van der Waals surface area contributed by atoms with E-state index in [1.165, 1.54) is 0 Å². The number of hydrogen-bond donors (Lipinski definition) is 3. The Hall–Kier alpha value is -2.24. The van der Waals surface area contributed by atoms with Crippen molar-refractivity contribution in [3.8, 4) is 0 Å². The number of piperidine rings is 1. The first-order chi connectivity index (χ1) is 10.1. The van der Waals surface area contributed by atoms with E-state index in [0.29, 0.717) is 25.6 Å². The van der Waals surface area contributed by atoms with Gasteiger partial charge in [0.25, 0.3) is 0 Å². The van der Waals surface area contributed by atoms with Crippen LogP contribution in [0.3, 0.4) is 0 Å². The van der Waals surface area contributed by atoms with E-state index in [0.717, 1.165) is 24.2 Å². The van der Waals surface area contributed by atoms with E-state index in [2.05, 4.69) is 10.6 Å². The van der Waals surface area contributed by atoms with Crippen LogP contribution >= 0.6 is 0 Å². The summed E-state index contributed by atoms with van der Waals surface area (Å²) in [5, 5.41) is 6.28. The molecule has 0 radical (unpaired) electrons. The molecular formula is C15H22N4O2. The highest BCUT2D eigenvalue weighted by Crippen LogP contribution is 2.20. The van der Waals surface area contributed by atoms with Crippen molar-refractivity contribution in [1.82, 2.24) is 4.90 Å². The molecule has 0 saturated carbocycles. The molecule has 0 aliphatic carbocycles. The fourth-order valence-electron chi connectivity index (χ4n) is 2.42. The highest BCUT2D eigenvalue weighted by atomic mass is 16.2. The third-order valence-corrected chi connectivity index (χ3v) is 3.64. The molecule has 114 valence electrons. The number of nitrogens with zero attached hydrogens (tertiary/aromatic N) is 1. The number of nitrogens with one attached hydrogen (secondary N) is 2. The minimum atomic E-state index is -0.349. The van der Waals surface area contributed by atoms with Crippen LogP contribution < -0.4 is 16.4 Å². The van der Waals surface area contributed by atoms with Crippen molar-refractivity contribution in [2.24, 2.45) is 5.73 Å². The topological polar surface area (TPSA) is 87.5 Å². The maximum Gasteiger partial charge on any atom is 0.314 e. The molecule has 0 spiro atoms. The Kier molecular flexibility index (Phi) is 5.03. The van der Waals surface area contributed by atoms with Gasteiger partial charge in [0.15, 0.2) is 0 Å². The molecule has 1 fully saturated rings. The molecule has 0 aromatic heterocycles. The number of rotatable bonds is 4. The Morgan fingerprint density at radius 2 is 1.95 bits per heavy atom. The van der Waals surface area contributed by atoms with Crippen molar-refractivity contribution in [2.45, 2.75) is 32.2 Å². The highest BCUT2D eigenvalue weighted by molar-refractivity contribution is 5.90. The summed E-state index contributed by atoms with van der Waals surface area (Å²) in [5.74, 6) is 0.00177. The lowest BCUT2D eigenvalue weighted by molar-refractivity contribution is -0.115. The van der Waals surface area contributed by atoms with Crippen LogP contribution in [0.5, 0.6) is 0 Å². The fourth-order valence-corrected chi connectivity index (χ4v) is 2.42. The van der Waals surface area contributed by atoms with Crippen LogP contribution in [-0.2, 0) is 4.79 Å². The molecule has 1 aromatic carbocycles. The average molecular weight is 290 g/mol. The molecular weight excluding hydrogens is 268 g/mol. The SMILES string of the molecule is CCC(=O)Nc1cccc(NC2CCN(C(N)=O)CC2)c1. The molecule has 1 saturated heterocycles. The lowest BCUT2D eigenvalue weighted by Gasteiger charge is -2.31. The van der Waals surface area contributed by atoms with Gasteiger partial charge in [-0.2, -0.15) is 0 Å². The van der Waals surface area contributed by atoms with E-state index >= 15 is 0 Å². The van der Waals surface area contributed by atoms with Crippen molar-refractivity contribution in [3.63, 3.8) is 0 Å². The maximum absolute atomic E-state index is 11.4. The average Bonchev–Trinajstić information content (AvgIpc) is 2.48. The van der Waals surface area contributed by atoms with Gasteiger partial charge in [-0.15, -0.1) is 0 Å². The summed E-state index contributed by atoms with van der Waals surface area (Å²) in [7, 11) is 0. The summed E-state index contributed by atoms with van der Waals surface area (Å²) in [6.07, 6.45) is 2.20. The Morgan fingerprint density at radius 1 is 1.29 bits per heavy atom. The second-order valence-electron chi connectivity index (χ2n) is 5.23. The molecule has 1 aliphatic rings. The Morgan fingerprint density at radius 3 is 2.57 bits per heavy atom.